The monoisotopic (exact) mass is 710 g/mol. The maximum absolute atomic E-state index is 14.5. The first kappa shape index (κ1) is 37.0. The van der Waals surface area contributed by atoms with E-state index in [1.54, 1.807) is 6.07 Å². The zero-order valence-corrected chi connectivity index (χ0v) is 31.7. The quantitative estimate of drug-likeness (QED) is 0.181. The SMILES string of the molecule is CC1(C)CC[C@]2(C(=O)NCc3cc(-c4ccc([N+](=O)[O-])c(F)c4)no3)CC[C@]3(C)C(=CCC4[C@@]5(C)CC[C@H](N)C(C)(C)C5CC[C@]43C)[C@@H]2C1.Cl. The number of aromatic nitrogens is 1. The predicted octanol–water partition coefficient (Wildman–Crippen LogP) is 9.56. The van der Waals surface area contributed by atoms with E-state index in [0.29, 0.717) is 28.9 Å². The first-order valence-corrected chi connectivity index (χ1v) is 18.5. The average molecular weight is 711 g/mol. The van der Waals surface area contributed by atoms with Crippen LogP contribution in [0.15, 0.2) is 40.4 Å². The second kappa shape index (κ2) is 12.1. The normalized spacial score (nSPS) is 38.2. The summed E-state index contributed by atoms with van der Waals surface area (Å²) in [5.41, 5.74) is 8.73. The van der Waals surface area contributed by atoms with Crippen molar-refractivity contribution >= 4 is 24.0 Å². The number of halogens is 2. The van der Waals surface area contributed by atoms with Crippen molar-refractivity contribution in [3.63, 3.8) is 0 Å². The van der Waals surface area contributed by atoms with Crippen LogP contribution in [0.1, 0.15) is 118 Å². The molecule has 1 aromatic heterocycles. The van der Waals surface area contributed by atoms with E-state index in [2.05, 4.69) is 65.0 Å². The number of nitrogens with one attached hydrogen (secondary N) is 1. The molecule has 4 fully saturated rings. The highest BCUT2D eigenvalue weighted by atomic mass is 35.5. The molecule has 7 rings (SSSR count). The van der Waals surface area contributed by atoms with Crippen LogP contribution in [0, 0.1) is 66.2 Å². The molecule has 0 bridgehead atoms. The fraction of sp³-hybridized carbons (Fsp3) is 0.700. The third kappa shape index (κ3) is 5.30. The van der Waals surface area contributed by atoms with Crippen molar-refractivity contribution in [2.45, 2.75) is 125 Å². The Labute approximate surface area is 302 Å². The van der Waals surface area contributed by atoms with E-state index in [-0.39, 0.29) is 63.9 Å². The molecule has 0 spiro atoms. The molecule has 1 heterocycles. The Hall–Kier alpha value is -2.78. The van der Waals surface area contributed by atoms with E-state index in [9.17, 15) is 19.3 Å². The smallest absolute Gasteiger partial charge is 0.304 e. The molecule has 5 aliphatic rings. The maximum atomic E-state index is 14.5. The van der Waals surface area contributed by atoms with Crippen LogP contribution in [0.5, 0.6) is 0 Å². The number of nitro benzene ring substituents is 1. The number of nitro groups is 1. The number of fused-ring (bicyclic) bond motifs is 7. The van der Waals surface area contributed by atoms with Crippen LogP contribution < -0.4 is 11.1 Å². The Morgan fingerprint density at radius 3 is 2.44 bits per heavy atom. The number of carbonyl (C=O) groups is 1. The van der Waals surface area contributed by atoms with Gasteiger partial charge in [-0.05, 0) is 121 Å². The van der Waals surface area contributed by atoms with Gasteiger partial charge in [0.25, 0.3) is 0 Å². The molecule has 50 heavy (non-hydrogen) atoms. The van der Waals surface area contributed by atoms with Gasteiger partial charge in [-0.25, -0.2) is 0 Å². The number of nitrogens with zero attached hydrogens (tertiary/aromatic N) is 2. The highest BCUT2D eigenvalue weighted by Gasteiger charge is 2.69. The highest BCUT2D eigenvalue weighted by Crippen LogP contribution is 2.75. The number of hydrogen-bond donors (Lipinski definition) is 2. The third-order valence-electron chi connectivity index (χ3n) is 15.6. The van der Waals surface area contributed by atoms with Crippen molar-refractivity contribution in [2.24, 2.45) is 56.0 Å². The van der Waals surface area contributed by atoms with Crippen LogP contribution in [-0.2, 0) is 11.3 Å². The van der Waals surface area contributed by atoms with Gasteiger partial charge in [0.1, 0.15) is 5.69 Å². The summed E-state index contributed by atoms with van der Waals surface area (Å²) in [5.74, 6) is 1.02. The number of amides is 1. The minimum absolute atomic E-state index is 0. The number of hydrogen-bond acceptors (Lipinski definition) is 6. The molecule has 3 N–H and O–H groups in total. The summed E-state index contributed by atoms with van der Waals surface area (Å²) in [6.45, 7) is 17.5. The van der Waals surface area contributed by atoms with E-state index in [1.165, 1.54) is 30.9 Å². The van der Waals surface area contributed by atoms with Gasteiger partial charge in [-0.3, -0.25) is 14.9 Å². The molecule has 10 heteroatoms. The predicted molar refractivity (Wildman–Crippen MR) is 195 cm³/mol. The lowest BCUT2D eigenvalue weighted by Gasteiger charge is -2.71. The zero-order chi connectivity index (χ0) is 35.4. The average Bonchev–Trinajstić information content (AvgIpc) is 3.51. The summed E-state index contributed by atoms with van der Waals surface area (Å²) in [5, 5.41) is 18.4. The molecular formula is C40H56ClFN4O4. The highest BCUT2D eigenvalue weighted by molar-refractivity contribution is 5.85. The molecule has 5 aliphatic carbocycles. The third-order valence-corrected chi connectivity index (χ3v) is 15.6. The van der Waals surface area contributed by atoms with Gasteiger partial charge in [-0.15, -0.1) is 12.4 Å². The number of allylic oxidation sites excluding steroid dienone is 2. The molecule has 8 atom stereocenters. The Balaban J connectivity index is 0.00000432. The molecule has 0 saturated heterocycles. The second-order valence-corrected chi connectivity index (χ2v) is 18.6. The first-order valence-electron chi connectivity index (χ1n) is 18.5. The van der Waals surface area contributed by atoms with Crippen LogP contribution in [0.2, 0.25) is 0 Å². The summed E-state index contributed by atoms with van der Waals surface area (Å²) in [6, 6.07) is 5.59. The van der Waals surface area contributed by atoms with E-state index in [0.717, 1.165) is 57.1 Å². The fourth-order valence-electron chi connectivity index (χ4n) is 12.4. The Bertz CT molecular complexity index is 1720. The van der Waals surface area contributed by atoms with Gasteiger partial charge in [0, 0.05) is 23.7 Å². The summed E-state index contributed by atoms with van der Waals surface area (Å²) >= 11 is 0. The molecule has 0 aliphatic heterocycles. The van der Waals surface area contributed by atoms with Gasteiger partial charge in [-0.1, -0.05) is 65.3 Å². The molecule has 4 saturated carbocycles. The summed E-state index contributed by atoms with van der Waals surface area (Å²) < 4.78 is 19.8. The number of carbonyl (C=O) groups excluding carboxylic acids is 1. The number of rotatable bonds is 5. The molecule has 2 unspecified atom stereocenters. The zero-order valence-electron chi connectivity index (χ0n) is 30.9. The molecule has 274 valence electrons. The lowest BCUT2D eigenvalue weighted by atomic mass is 9.33. The topological polar surface area (TPSA) is 124 Å². The second-order valence-electron chi connectivity index (χ2n) is 18.6. The Morgan fingerprint density at radius 1 is 1.02 bits per heavy atom. The van der Waals surface area contributed by atoms with Gasteiger partial charge >= 0.3 is 5.69 Å². The maximum Gasteiger partial charge on any atom is 0.304 e. The van der Waals surface area contributed by atoms with E-state index in [1.807, 2.05) is 0 Å². The van der Waals surface area contributed by atoms with Crippen molar-refractivity contribution in [3.8, 4) is 11.3 Å². The summed E-state index contributed by atoms with van der Waals surface area (Å²) in [7, 11) is 0. The molecule has 1 amide bonds. The van der Waals surface area contributed by atoms with Gasteiger partial charge in [0.15, 0.2) is 5.76 Å². The molecule has 2 aromatic rings. The molecular weight excluding hydrogens is 655 g/mol. The van der Waals surface area contributed by atoms with Gasteiger partial charge in [-0.2, -0.15) is 4.39 Å². The van der Waals surface area contributed by atoms with Gasteiger partial charge in [0.05, 0.1) is 16.9 Å². The van der Waals surface area contributed by atoms with Crippen molar-refractivity contribution in [1.82, 2.24) is 10.5 Å². The standard InChI is InChI=1S/C40H55FN4O4.ClH/c1-35(2)16-18-40(34(46)43-23-25-21-29(44-49-25)24-8-10-30(45(47)48)28(41)20-24)19-17-38(6)26(27(40)22-35)9-11-32-37(5)14-13-33(42)36(3,4)31(37)12-15-39(32,38)7;/h8-10,20-21,27,31-33H,11-19,22-23,42H2,1-7H3,(H,43,46);1H/t27-,31?,32?,33-,37-,38+,39+,40-;/m0./s1. The van der Waals surface area contributed by atoms with Crippen molar-refractivity contribution in [3.05, 3.63) is 57.6 Å². The van der Waals surface area contributed by atoms with E-state index in [4.69, 9.17) is 10.3 Å². The van der Waals surface area contributed by atoms with Crippen molar-refractivity contribution in [1.29, 1.82) is 0 Å². The van der Waals surface area contributed by atoms with Crippen LogP contribution >= 0.6 is 12.4 Å². The van der Waals surface area contributed by atoms with Crippen LogP contribution in [0.4, 0.5) is 10.1 Å². The largest absolute Gasteiger partial charge is 0.359 e. The van der Waals surface area contributed by atoms with Gasteiger partial charge in [0.2, 0.25) is 11.7 Å². The lowest BCUT2D eigenvalue weighted by Crippen LogP contribution is -2.66. The van der Waals surface area contributed by atoms with Crippen molar-refractivity contribution < 1.29 is 18.6 Å². The van der Waals surface area contributed by atoms with Crippen LogP contribution in [-0.4, -0.2) is 22.0 Å². The lowest BCUT2D eigenvalue weighted by molar-refractivity contribution is -0.387. The number of benzene rings is 1. The van der Waals surface area contributed by atoms with E-state index >= 15 is 0 Å². The molecule has 0 radical (unpaired) electrons. The Kier molecular flexibility index (Phi) is 8.98. The molecule has 1 aromatic carbocycles. The summed E-state index contributed by atoms with van der Waals surface area (Å²) in [6.07, 6.45) is 13.2. The van der Waals surface area contributed by atoms with Crippen LogP contribution in [0.3, 0.4) is 0 Å². The minimum Gasteiger partial charge on any atom is -0.359 e. The van der Waals surface area contributed by atoms with Crippen LogP contribution in [0.25, 0.3) is 11.3 Å². The van der Waals surface area contributed by atoms with Crippen molar-refractivity contribution in [2.75, 3.05) is 0 Å². The first-order chi connectivity index (χ1) is 22.9. The summed E-state index contributed by atoms with van der Waals surface area (Å²) in [4.78, 5) is 24.8. The Morgan fingerprint density at radius 2 is 1.74 bits per heavy atom. The molecule has 8 nitrogen and oxygen atoms in total. The fourth-order valence-corrected chi connectivity index (χ4v) is 12.4. The van der Waals surface area contributed by atoms with E-state index < -0.39 is 21.8 Å². The van der Waals surface area contributed by atoms with Gasteiger partial charge < -0.3 is 15.6 Å². The number of nitrogens with two attached hydrogens (primary N) is 1. The minimum atomic E-state index is -0.929.